The van der Waals surface area contributed by atoms with Crippen LogP contribution in [-0.2, 0) is 6.42 Å². The number of fused-ring (bicyclic) bond motifs is 3. The Kier molecular flexibility index (Phi) is 2.63. The zero-order valence-electron chi connectivity index (χ0n) is 10.7. The standard InChI is InChI=1S/C14H17FN2O/c1-3-8-4-9-10-6-16-7-12(10)17(2)14(18)13(9)11(15)5-8/h4-5,10,12,16H,3,6-7H2,1-2H3/t10-,12?/m1/s1. The number of aryl methyl sites for hydroxylation is 1. The minimum Gasteiger partial charge on any atom is -0.337 e. The highest BCUT2D eigenvalue weighted by atomic mass is 19.1. The van der Waals surface area contributed by atoms with Gasteiger partial charge in [-0.2, -0.15) is 0 Å². The van der Waals surface area contributed by atoms with E-state index in [0.29, 0.717) is 0 Å². The van der Waals surface area contributed by atoms with Gasteiger partial charge in [-0.25, -0.2) is 4.39 Å². The summed E-state index contributed by atoms with van der Waals surface area (Å²) < 4.78 is 14.1. The maximum absolute atomic E-state index is 14.1. The van der Waals surface area contributed by atoms with Gasteiger partial charge in [0.05, 0.1) is 11.6 Å². The van der Waals surface area contributed by atoms with Crippen molar-refractivity contribution in [3.05, 3.63) is 34.6 Å². The average molecular weight is 248 g/mol. The van der Waals surface area contributed by atoms with E-state index in [-0.39, 0.29) is 29.2 Å². The summed E-state index contributed by atoms with van der Waals surface area (Å²) in [7, 11) is 1.77. The van der Waals surface area contributed by atoms with Crippen molar-refractivity contribution < 1.29 is 9.18 Å². The number of nitrogens with zero attached hydrogens (tertiary/aromatic N) is 1. The van der Waals surface area contributed by atoms with Crippen LogP contribution in [-0.4, -0.2) is 37.0 Å². The number of rotatable bonds is 1. The first-order valence-corrected chi connectivity index (χ1v) is 6.43. The third-order valence-corrected chi connectivity index (χ3v) is 4.20. The molecule has 1 aromatic rings. The summed E-state index contributed by atoms with van der Waals surface area (Å²) in [4.78, 5) is 13.9. The van der Waals surface area contributed by atoms with Crippen LogP contribution < -0.4 is 5.32 Å². The normalized spacial score (nSPS) is 26.2. The Morgan fingerprint density at radius 3 is 2.94 bits per heavy atom. The maximum Gasteiger partial charge on any atom is 0.257 e. The average Bonchev–Trinajstić information content (AvgIpc) is 2.84. The van der Waals surface area contributed by atoms with Gasteiger partial charge in [-0.1, -0.05) is 13.0 Å². The Morgan fingerprint density at radius 1 is 1.44 bits per heavy atom. The van der Waals surface area contributed by atoms with E-state index in [9.17, 15) is 9.18 Å². The van der Waals surface area contributed by atoms with Crippen molar-refractivity contribution in [1.29, 1.82) is 0 Å². The number of halogens is 1. The predicted molar refractivity (Wildman–Crippen MR) is 67.3 cm³/mol. The number of carbonyl (C=O) groups is 1. The van der Waals surface area contributed by atoms with Crippen molar-refractivity contribution in [2.75, 3.05) is 20.1 Å². The van der Waals surface area contributed by atoms with Crippen LogP contribution in [0.5, 0.6) is 0 Å². The van der Waals surface area contributed by atoms with Crippen LogP contribution >= 0.6 is 0 Å². The van der Waals surface area contributed by atoms with Crippen LogP contribution in [0.4, 0.5) is 4.39 Å². The highest BCUT2D eigenvalue weighted by Gasteiger charge is 2.42. The zero-order chi connectivity index (χ0) is 12.9. The topological polar surface area (TPSA) is 32.3 Å². The second kappa shape index (κ2) is 4.05. The molecule has 1 fully saturated rings. The van der Waals surface area contributed by atoms with E-state index in [2.05, 4.69) is 5.32 Å². The van der Waals surface area contributed by atoms with Crippen LogP contribution in [0.3, 0.4) is 0 Å². The number of amides is 1. The first-order chi connectivity index (χ1) is 8.63. The molecule has 1 N–H and O–H groups in total. The number of hydrogen-bond acceptors (Lipinski definition) is 2. The van der Waals surface area contributed by atoms with E-state index >= 15 is 0 Å². The molecule has 2 atom stereocenters. The van der Waals surface area contributed by atoms with Crippen LogP contribution in [0.1, 0.15) is 34.3 Å². The summed E-state index contributed by atoms with van der Waals surface area (Å²) in [5.74, 6) is -0.328. The molecular formula is C14H17FN2O. The van der Waals surface area contributed by atoms with E-state index in [1.807, 2.05) is 13.0 Å². The molecule has 4 heteroatoms. The Morgan fingerprint density at radius 2 is 2.22 bits per heavy atom. The lowest BCUT2D eigenvalue weighted by Gasteiger charge is -2.36. The molecule has 1 saturated heterocycles. The molecule has 18 heavy (non-hydrogen) atoms. The summed E-state index contributed by atoms with van der Waals surface area (Å²) in [5, 5.41) is 3.30. The largest absolute Gasteiger partial charge is 0.337 e. The molecule has 2 aliphatic rings. The minimum atomic E-state index is -0.369. The van der Waals surface area contributed by atoms with Gasteiger partial charge in [-0.3, -0.25) is 4.79 Å². The van der Waals surface area contributed by atoms with Crippen molar-refractivity contribution in [2.24, 2.45) is 0 Å². The highest BCUT2D eigenvalue weighted by molar-refractivity contribution is 5.97. The van der Waals surface area contributed by atoms with Gasteiger partial charge in [0.15, 0.2) is 0 Å². The molecule has 0 bridgehead atoms. The van der Waals surface area contributed by atoms with Gasteiger partial charge in [0.25, 0.3) is 5.91 Å². The lowest BCUT2D eigenvalue weighted by Crippen LogP contribution is -2.46. The van der Waals surface area contributed by atoms with Crippen molar-refractivity contribution in [2.45, 2.75) is 25.3 Å². The molecule has 1 aromatic carbocycles. The maximum atomic E-state index is 14.1. The highest BCUT2D eigenvalue weighted by Crippen LogP contribution is 2.36. The van der Waals surface area contributed by atoms with E-state index in [1.54, 1.807) is 11.9 Å². The quantitative estimate of drug-likeness (QED) is 0.817. The van der Waals surface area contributed by atoms with Gasteiger partial charge >= 0.3 is 0 Å². The first-order valence-electron chi connectivity index (χ1n) is 6.43. The summed E-state index contributed by atoms with van der Waals surface area (Å²) in [5.41, 5.74) is 2.14. The minimum absolute atomic E-state index is 0.163. The van der Waals surface area contributed by atoms with Gasteiger partial charge in [0.2, 0.25) is 0 Å². The van der Waals surface area contributed by atoms with Crippen LogP contribution in [0.25, 0.3) is 0 Å². The Balaban J connectivity index is 2.20. The van der Waals surface area contributed by atoms with Crippen molar-refractivity contribution in [3.8, 4) is 0 Å². The van der Waals surface area contributed by atoms with Crippen LogP contribution in [0.2, 0.25) is 0 Å². The van der Waals surface area contributed by atoms with Gasteiger partial charge in [0.1, 0.15) is 5.82 Å². The van der Waals surface area contributed by atoms with Gasteiger partial charge in [0, 0.05) is 26.1 Å². The van der Waals surface area contributed by atoms with Crippen LogP contribution in [0.15, 0.2) is 12.1 Å². The molecule has 96 valence electrons. The molecule has 2 heterocycles. The molecule has 1 unspecified atom stereocenters. The fourth-order valence-corrected chi connectivity index (χ4v) is 3.12. The van der Waals surface area contributed by atoms with Gasteiger partial charge in [-0.05, 0) is 23.6 Å². The molecule has 0 aromatic heterocycles. The van der Waals surface area contributed by atoms with Gasteiger partial charge < -0.3 is 10.2 Å². The van der Waals surface area contributed by atoms with Gasteiger partial charge in [-0.15, -0.1) is 0 Å². The van der Waals surface area contributed by atoms with Crippen LogP contribution in [0, 0.1) is 5.82 Å². The summed E-state index contributed by atoms with van der Waals surface area (Å²) in [6.07, 6.45) is 0.791. The SMILES string of the molecule is CCc1cc(F)c2c(c1)[C@H]1CNCC1N(C)C2=O. The van der Waals surface area contributed by atoms with E-state index in [1.165, 1.54) is 6.07 Å². The molecule has 0 saturated carbocycles. The number of hydrogen-bond donors (Lipinski definition) is 1. The smallest absolute Gasteiger partial charge is 0.257 e. The first kappa shape index (κ1) is 11.7. The molecule has 0 spiro atoms. The number of benzene rings is 1. The number of carbonyl (C=O) groups excluding carboxylic acids is 1. The second-order valence-corrected chi connectivity index (χ2v) is 5.14. The number of nitrogens with one attached hydrogen (secondary N) is 1. The molecule has 1 amide bonds. The lowest BCUT2D eigenvalue weighted by atomic mass is 9.83. The molecule has 0 radical (unpaired) electrons. The third-order valence-electron chi connectivity index (χ3n) is 4.20. The molecule has 3 nitrogen and oxygen atoms in total. The molecular weight excluding hydrogens is 231 g/mol. The Bertz CT molecular complexity index is 515. The Labute approximate surface area is 106 Å². The fourth-order valence-electron chi connectivity index (χ4n) is 3.12. The fraction of sp³-hybridized carbons (Fsp3) is 0.500. The second-order valence-electron chi connectivity index (χ2n) is 5.14. The molecule has 3 rings (SSSR count). The Hall–Kier alpha value is -1.42. The summed E-state index contributed by atoms with van der Waals surface area (Å²) in [6, 6.07) is 3.66. The molecule has 0 aliphatic carbocycles. The molecule has 2 aliphatic heterocycles. The van der Waals surface area contributed by atoms with Crippen molar-refractivity contribution in [1.82, 2.24) is 10.2 Å². The summed E-state index contributed by atoms with van der Waals surface area (Å²) >= 11 is 0. The zero-order valence-corrected chi connectivity index (χ0v) is 10.7. The number of likely N-dealkylation sites (N-methyl/N-ethyl adjacent to an activating group) is 1. The van der Waals surface area contributed by atoms with Crippen molar-refractivity contribution in [3.63, 3.8) is 0 Å². The van der Waals surface area contributed by atoms with E-state index in [0.717, 1.165) is 30.6 Å². The lowest BCUT2D eigenvalue weighted by molar-refractivity contribution is 0.0700. The van der Waals surface area contributed by atoms with Crippen molar-refractivity contribution >= 4 is 5.91 Å². The summed E-state index contributed by atoms with van der Waals surface area (Å²) in [6.45, 7) is 3.62. The third kappa shape index (κ3) is 1.48. The predicted octanol–water partition coefficient (Wildman–Crippen LogP) is 1.53. The monoisotopic (exact) mass is 248 g/mol. The van der Waals surface area contributed by atoms with E-state index < -0.39 is 0 Å². The van der Waals surface area contributed by atoms with E-state index in [4.69, 9.17) is 0 Å².